The summed E-state index contributed by atoms with van der Waals surface area (Å²) in [5.74, 6) is 0.628. The van der Waals surface area contributed by atoms with Gasteiger partial charge in [0.05, 0.1) is 33.6 Å². The molecule has 0 aromatic heterocycles. The summed E-state index contributed by atoms with van der Waals surface area (Å²) in [6.45, 7) is 35.9. The summed E-state index contributed by atoms with van der Waals surface area (Å²) in [6.07, 6.45) is -1.57. The van der Waals surface area contributed by atoms with Crippen molar-refractivity contribution < 1.29 is 18.0 Å². The van der Waals surface area contributed by atoms with Crippen molar-refractivity contribution in [1.82, 2.24) is 14.9 Å². The van der Waals surface area contributed by atoms with Crippen LogP contribution in [-0.2, 0) is 11.0 Å². The number of anilines is 1. The SMILES string of the molecule is C=C1c2ccc3c4c(ccc(c24)C(=C)N1c1cc(C(F)(F)F)ccc1Cl)C(=C)N(N1C(=C)C2C4CC(C5C(=C)N(C(CC)CC)C(=C)C45)C2C1=O)C3=C. The maximum absolute atomic E-state index is 14.7. The predicted molar refractivity (Wildman–Crippen MR) is 207 cm³/mol. The first-order chi connectivity index (χ1) is 25.1. The van der Waals surface area contributed by atoms with Crippen LogP contribution < -0.4 is 4.90 Å². The number of rotatable bonds is 5. The number of carbonyl (C=O) groups excluding carboxylic acids is 1. The molecule has 5 nitrogen and oxygen atoms in total. The smallest absolute Gasteiger partial charge is 0.346 e. The first-order valence-corrected chi connectivity index (χ1v) is 18.5. The second kappa shape index (κ2) is 11.0. The van der Waals surface area contributed by atoms with Crippen molar-refractivity contribution in [2.24, 2.45) is 35.5 Å². The average molecular weight is 733 g/mol. The Labute approximate surface area is 312 Å². The molecule has 53 heavy (non-hydrogen) atoms. The van der Waals surface area contributed by atoms with E-state index >= 15 is 0 Å². The highest BCUT2D eigenvalue weighted by Gasteiger charge is 2.69. The molecule has 2 saturated carbocycles. The second-order valence-corrected chi connectivity index (χ2v) is 15.7. The summed E-state index contributed by atoms with van der Waals surface area (Å²) < 4.78 is 41.3. The van der Waals surface area contributed by atoms with Crippen LogP contribution in [0.3, 0.4) is 0 Å². The molecule has 3 aromatic rings. The van der Waals surface area contributed by atoms with Crippen LogP contribution >= 0.6 is 11.6 Å². The van der Waals surface area contributed by atoms with E-state index in [4.69, 9.17) is 11.6 Å². The zero-order chi connectivity index (χ0) is 37.7. The van der Waals surface area contributed by atoms with Crippen LogP contribution in [0.15, 0.2) is 106 Å². The van der Waals surface area contributed by atoms with Gasteiger partial charge in [0.2, 0.25) is 5.91 Å². The van der Waals surface area contributed by atoms with E-state index in [1.54, 1.807) is 9.91 Å². The number of amides is 1. The Morgan fingerprint density at radius 1 is 0.698 bits per heavy atom. The number of halogens is 4. The summed E-state index contributed by atoms with van der Waals surface area (Å²) in [5.41, 5.74) is 7.42. The zero-order valence-corrected chi connectivity index (χ0v) is 30.6. The lowest BCUT2D eigenvalue weighted by Gasteiger charge is -2.43. The van der Waals surface area contributed by atoms with Crippen LogP contribution in [0.5, 0.6) is 0 Å². The molecule has 0 N–H and O–H groups in total. The highest BCUT2D eigenvalue weighted by atomic mass is 35.5. The Morgan fingerprint density at radius 2 is 1.17 bits per heavy atom. The van der Waals surface area contributed by atoms with Gasteiger partial charge in [-0.1, -0.05) is 95.8 Å². The normalized spacial score (nSPS) is 27.5. The maximum Gasteiger partial charge on any atom is 0.416 e. The molecule has 2 aliphatic carbocycles. The van der Waals surface area contributed by atoms with Gasteiger partial charge in [0.15, 0.2) is 0 Å². The van der Waals surface area contributed by atoms with Crippen molar-refractivity contribution in [3.05, 3.63) is 138 Å². The van der Waals surface area contributed by atoms with Crippen LogP contribution in [-0.4, -0.2) is 26.9 Å². The minimum absolute atomic E-state index is 0.0112. The van der Waals surface area contributed by atoms with E-state index in [0.717, 1.165) is 81.5 Å². The Bertz CT molecular complexity index is 2220. The van der Waals surface area contributed by atoms with Gasteiger partial charge in [0, 0.05) is 85.3 Å². The fourth-order valence-corrected chi connectivity index (χ4v) is 11.2. The molecule has 6 unspecified atom stereocenters. The Kier molecular flexibility index (Phi) is 7.06. The number of likely N-dealkylation sites (tertiary alicyclic amines) is 1. The topological polar surface area (TPSA) is 30.0 Å². The number of carbonyl (C=O) groups is 1. The number of alkyl halides is 3. The fourth-order valence-electron chi connectivity index (χ4n) is 11.0. The summed E-state index contributed by atoms with van der Waals surface area (Å²) in [5, 5.41) is 5.40. The van der Waals surface area contributed by atoms with Crippen molar-refractivity contribution in [2.75, 3.05) is 4.90 Å². The maximum atomic E-state index is 14.7. The van der Waals surface area contributed by atoms with Gasteiger partial charge >= 0.3 is 6.18 Å². The van der Waals surface area contributed by atoms with E-state index in [-0.39, 0.29) is 52.1 Å². The van der Waals surface area contributed by atoms with Crippen molar-refractivity contribution >= 4 is 56.8 Å². The van der Waals surface area contributed by atoms with Crippen molar-refractivity contribution in [2.45, 2.75) is 45.3 Å². The molecule has 270 valence electrons. The van der Waals surface area contributed by atoms with Gasteiger partial charge in [0.25, 0.3) is 0 Å². The Hall–Kier alpha value is -4.95. The van der Waals surface area contributed by atoms with Gasteiger partial charge in [-0.25, -0.2) is 10.0 Å². The van der Waals surface area contributed by atoms with Crippen molar-refractivity contribution in [3.8, 4) is 0 Å². The summed E-state index contributed by atoms with van der Waals surface area (Å²) in [7, 11) is 0. The largest absolute Gasteiger partial charge is 0.416 e. The van der Waals surface area contributed by atoms with Gasteiger partial charge in [-0.3, -0.25) is 4.79 Å². The van der Waals surface area contributed by atoms with E-state index in [1.165, 1.54) is 6.07 Å². The molecule has 1 amide bonds. The van der Waals surface area contributed by atoms with Gasteiger partial charge < -0.3 is 9.80 Å². The van der Waals surface area contributed by atoms with Crippen LogP contribution in [0.1, 0.15) is 60.9 Å². The summed E-state index contributed by atoms with van der Waals surface area (Å²) >= 11 is 6.52. The van der Waals surface area contributed by atoms with E-state index in [9.17, 15) is 18.0 Å². The molecule has 0 radical (unpaired) electrons. The number of hydrogen-bond acceptors (Lipinski definition) is 4. The minimum Gasteiger partial charge on any atom is -0.346 e. The molecule has 4 aliphatic heterocycles. The molecule has 4 fully saturated rings. The number of hydrogen-bond donors (Lipinski definition) is 0. The van der Waals surface area contributed by atoms with Gasteiger partial charge in [-0.05, 0) is 49.3 Å². The number of allylic oxidation sites excluding steroid dienone is 3. The first-order valence-electron chi connectivity index (χ1n) is 18.2. The molecule has 9 heteroatoms. The number of benzene rings is 3. The highest BCUT2D eigenvalue weighted by molar-refractivity contribution is 6.34. The predicted octanol–water partition coefficient (Wildman–Crippen LogP) is 11.1. The Balaban J connectivity index is 1.07. The van der Waals surface area contributed by atoms with Crippen molar-refractivity contribution in [1.29, 1.82) is 0 Å². The fraction of sp³-hybridized carbons (Fsp3) is 0.295. The number of fused-ring (bicyclic) bond motifs is 8. The van der Waals surface area contributed by atoms with E-state index in [0.29, 0.717) is 28.8 Å². The molecule has 9 rings (SSSR count). The lowest BCUT2D eigenvalue weighted by molar-refractivity contribution is -0.138. The summed E-state index contributed by atoms with van der Waals surface area (Å²) in [4.78, 5) is 18.7. The molecule has 3 aromatic carbocycles. The molecule has 0 spiro atoms. The van der Waals surface area contributed by atoms with Crippen LogP contribution in [0.2, 0.25) is 5.02 Å². The van der Waals surface area contributed by atoms with E-state index < -0.39 is 11.7 Å². The van der Waals surface area contributed by atoms with Gasteiger partial charge in [-0.2, -0.15) is 13.2 Å². The second-order valence-electron chi connectivity index (χ2n) is 15.3. The van der Waals surface area contributed by atoms with Gasteiger partial charge in [0.1, 0.15) is 0 Å². The third kappa shape index (κ3) is 4.13. The third-order valence-electron chi connectivity index (χ3n) is 13.2. The molecule has 4 heterocycles. The molecule has 2 saturated heterocycles. The average Bonchev–Trinajstić information content (AvgIpc) is 3.83. The number of hydrazine groups is 1. The monoisotopic (exact) mass is 732 g/mol. The Morgan fingerprint density at radius 3 is 1.66 bits per heavy atom. The van der Waals surface area contributed by atoms with Crippen LogP contribution in [0, 0.1) is 35.5 Å². The number of nitrogens with zero attached hydrogens (tertiary/aromatic N) is 4. The lowest BCUT2D eigenvalue weighted by Crippen LogP contribution is -2.43. The van der Waals surface area contributed by atoms with Crippen LogP contribution in [0.4, 0.5) is 18.9 Å². The van der Waals surface area contributed by atoms with Crippen LogP contribution in [0.25, 0.3) is 33.6 Å². The van der Waals surface area contributed by atoms with E-state index in [2.05, 4.69) is 64.8 Å². The molecule has 2 bridgehead atoms. The molecule has 6 aliphatic rings. The minimum atomic E-state index is -4.56. The summed E-state index contributed by atoms with van der Waals surface area (Å²) in [6, 6.07) is 11.2. The first kappa shape index (κ1) is 33.9. The highest BCUT2D eigenvalue weighted by Crippen LogP contribution is 2.70. The van der Waals surface area contributed by atoms with Crippen molar-refractivity contribution in [3.63, 3.8) is 0 Å². The molecular weight excluding hydrogens is 693 g/mol. The van der Waals surface area contributed by atoms with Gasteiger partial charge in [-0.15, -0.1) is 0 Å². The molecular formula is C44H40ClF3N4O. The third-order valence-corrected chi connectivity index (χ3v) is 13.5. The zero-order valence-electron chi connectivity index (χ0n) is 29.9. The lowest BCUT2D eigenvalue weighted by atomic mass is 9.69. The standard InChI is InChI=1S/C44H40ClF3N4O/c1-10-28(11-2)49-24(7)37-33-19-34(38(37)25(49)8)42-39(33)26(9)52(43(42)53)51-22(5)31-15-13-29-20(3)50(36-18-27(44(46,47)48)12-17-35(36)45)21(4)30-14-16-32(23(51)6)41(31)40(29)30/h12-18,28,33-34,37-39,42H,3-11,19H2,1-2H3. The molecule has 6 atom stereocenters. The quantitative estimate of drug-likeness (QED) is 0.261. The van der Waals surface area contributed by atoms with E-state index in [1.807, 2.05) is 29.3 Å².